The van der Waals surface area contributed by atoms with Crippen LogP contribution in [0.4, 0.5) is 0 Å². The molecule has 1 aliphatic carbocycles. The van der Waals surface area contributed by atoms with Gasteiger partial charge in [-0.25, -0.2) is 8.42 Å². The first-order chi connectivity index (χ1) is 7.51. The van der Waals surface area contributed by atoms with Gasteiger partial charge in [0.1, 0.15) is 0 Å². The lowest BCUT2D eigenvalue weighted by Crippen LogP contribution is -2.55. The maximum Gasteiger partial charge on any atom is 0.309 e. The molecule has 1 saturated carbocycles. The number of carbonyl (C=O) groups is 1. The molecule has 5 nitrogen and oxygen atoms in total. The summed E-state index contributed by atoms with van der Waals surface area (Å²) >= 11 is 0. The van der Waals surface area contributed by atoms with E-state index in [0.29, 0.717) is 0 Å². The predicted octanol–water partition coefficient (Wildman–Crippen LogP) is 0.665. The third-order valence-corrected chi connectivity index (χ3v) is 5.86. The first-order valence-electron chi connectivity index (χ1n) is 5.73. The molecule has 2 rings (SSSR count). The van der Waals surface area contributed by atoms with E-state index in [1.54, 1.807) is 0 Å². The number of carboxylic acid groups (broad SMARTS) is 1. The minimum Gasteiger partial charge on any atom is -0.481 e. The Morgan fingerprint density at radius 2 is 1.69 bits per heavy atom. The van der Waals surface area contributed by atoms with Crippen LogP contribution >= 0.6 is 0 Å². The van der Waals surface area contributed by atoms with Crippen LogP contribution in [0.1, 0.15) is 32.1 Å². The summed E-state index contributed by atoms with van der Waals surface area (Å²) in [6.07, 6.45) is 4.52. The average Bonchev–Trinajstić information content (AvgIpc) is 2.15. The lowest BCUT2D eigenvalue weighted by atomic mass is 10.0. The van der Waals surface area contributed by atoms with E-state index >= 15 is 0 Å². The second kappa shape index (κ2) is 4.33. The number of aliphatic carboxylic acids is 1. The molecule has 0 aromatic heterocycles. The normalized spacial score (nSPS) is 25.2. The zero-order chi connectivity index (χ0) is 11.8. The molecule has 0 bridgehead atoms. The van der Waals surface area contributed by atoms with Crippen molar-refractivity contribution in [1.29, 1.82) is 0 Å². The maximum absolute atomic E-state index is 12.1. The van der Waals surface area contributed by atoms with Crippen molar-refractivity contribution in [2.75, 3.05) is 13.1 Å². The highest BCUT2D eigenvalue weighted by Crippen LogP contribution is 2.30. The number of hydrogen-bond acceptors (Lipinski definition) is 3. The van der Waals surface area contributed by atoms with Gasteiger partial charge in [0.05, 0.1) is 11.2 Å². The Labute approximate surface area is 95.5 Å². The van der Waals surface area contributed by atoms with Crippen molar-refractivity contribution in [2.24, 2.45) is 5.92 Å². The summed E-state index contributed by atoms with van der Waals surface area (Å²) in [4.78, 5) is 10.6. The van der Waals surface area contributed by atoms with Crippen molar-refractivity contribution in [1.82, 2.24) is 4.31 Å². The van der Waals surface area contributed by atoms with Gasteiger partial charge >= 0.3 is 5.97 Å². The van der Waals surface area contributed by atoms with Crippen LogP contribution < -0.4 is 0 Å². The Kier molecular flexibility index (Phi) is 3.21. The summed E-state index contributed by atoms with van der Waals surface area (Å²) in [5, 5.41) is 8.44. The lowest BCUT2D eigenvalue weighted by Gasteiger charge is -2.38. The molecule has 0 radical (unpaired) electrons. The summed E-state index contributed by atoms with van der Waals surface area (Å²) in [7, 11) is -3.22. The van der Waals surface area contributed by atoms with Gasteiger partial charge < -0.3 is 5.11 Å². The Morgan fingerprint density at radius 3 is 2.19 bits per heavy atom. The Hall–Kier alpha value is -0.620. The van der Waals surface area contributed by atoms with Crippen LogP contribution in [0.5, 0.6) is 0 Å². The van der Waals surface area contributed by atoms with Gasteiger partial charge in [0.2, 0.25) is 10.0 Å². The quantitative estimate of drug-likeness (QED) is 0.795. The minimum atomic E-state index is -3.22. The van der Waals surface area contributed by atoms with Crippen LogP contribution in [0.2, 0.25) is 0 Å². The van der Waals surface area contributed by atoms with Crippen LogP contribution in [0, 0.1) is 5.92 Å². The third kappa shape index (κ3) is 2.08. The smallest absolute Gasteiger partial charge is 0.309 e. The molecule has 0 spiro atoms. The number of nitrogens with zero attached hydrogens (tertiary/aromatic N) is 1. The second-order valence-electron chi connectivity index (χ2n) is 4.66. The fourth-order valence-electron chi connectivity index (χ4n) is 2.38. The summed E-state index contributed by atoms with van der Waals surface area (Å²) in [6.45, 7) is 0.322. The molecule has 16 heavy (non-hydrogen) atoms. The summed E-state index contributed by atoms with van der Waals surface area (Å²) in [5.74, 6) is -1.39. The van der Waals surface area contributed by atoms with Crippen molar-refractivity contribution >= 4 is 16.0 Å². The van der Waals surface area contributed by atoms with Crippen LogP contribution in [-0.4, -0.2) is 42.1 Å². The molecule has 0 atom stereocenters. The molecule has 1 aliphatic heterocycles. The molecule has 6 heteroatoms. The molecule has 0 aromatic rings. The van der Waals surface area contributed by atoms with Gasteiger partial charge in [0.15, 0.2) is 0 Å². The highest BCUT2D eigenvalue weighted by Gasteiger charge is 2.43. The van der Waals surface area contributed by atoms with E-state index < -0.39 is 21.9 Å². The van der Waals surface area contributed by atoms with E-state index in [9.17, 15) is 13.2 Å². The van der Waals surface area contributed by atoms with Gasteiger partial charge in [0.25, 0.3) is 0 Å². The Bertz CT molecular complexity index is 366. The first-order valence-corrected chi connectivity index (χ1v) is 7.24. The zero-order valence-electron chi connectivity index (χ0n) is 9.13. The molecule has 1 saturated heterocycles. The van der Waals surface area contributed by atoms with Crippen LogP contribution in [-0.2, 0) is 14.8 Å². The molecular formula is C10H17NO4S. The van der Waals surface area contributed by atoms with E-state index in [4.69, 9.17) is 5.11 Å². The van der Waals surface area contributed by atoms with E-state index in [0.717, 1.165) is 32.1 Å². The molecule has 0 aromatic carbocycles. The van der Waals surface area contributed by atoms with Gasteiger partial charge in [-0.05, 0) is 12.8 Å². The lowest BCUT2D eigenvalue weighted by molar-refractivity contribution is -0.145. The van der Waals surface area contributed by atoms with E-state index in [2.05, 4.69) is 0 Å². The van der Waals surface area contributed by atoms with Gasteiger partial charge in [-0.3, -0.25) is 4.79 Å². The van der Waals surface area contributed by atoms with Gasteiger partial charge in [0, 0.05) is 13.1 Å². The van der Waals surface area contributed by atoms with E-state index in [-0.39, 0.29) is 18.3 Å². The first kappa shape index (κ1) is 11.9. The third-order valence-electron chi connectivity index (χ3n) is 3.53. The standard InChI is InChI=1S/C10H17NO4S/c12-10(13)8-6-11(7-8)16(14,15)9-4-2-1-3-5-9/h8-9H,1-7H2,(H,12,13). The van der Waals surface area contributed by atoms with Crippen LogP contribution in [0.3, 0.4) is 0 Å². The fourth-order valence-corrected chi connectivity index (χ4v) is 4.50. The highest BCUT2D eigenvalue weighted by molar-refractivity contribution is 7.89. The summed E-state index contributed by atoms with van der Waals surface area (Å²) in [5.41, 5.74) is 0. The average molecular weight is 247 g/mol. The molecule has 0 amide bonds. The SMILES string of the molecule is O=C(O)C1CN(S(=O)(=O)C2CCCCC2)C1. The van der Waals surface area contributed by atoms with E-state index in [1.807, 2.05) is 0 Å². The molecule has 1 N–H and O–H groups in total. The molecule has 0 unspecified atom stereocenters. The molecule has 92 valence electrons. The van der Waals surface area contributed by atoms with Crippen molar-refractivity contribution < 1.29 is 18.3 Å². The number of sulfonamides is 1. The van der Waals surface area contributed by atoms with Gasteiger partial charge in [-0.2, -0.15) is 4.31 Å². The van der Waals surface area contributed by atoms with Gasteiger partial charge in [-0.1, -0.05) is 19.3 Å². The predicted molar refractivity (Wildman–Crippen MR) is 58.5 cm³/mol. The number of rotatable bonds is 3. The number of carboxylic acids is 1. The summed E-state index contributed by atoms with van der Waals surface area (Å²) < 4.78 is 25.5. The van der Waals surface area contributed by atoms with Crippen LogP contribution in [0.25, 0.3) is 0 Å². The Balaban J connectivity index is 1.96. The fraction of sp³-hybridized carbons (Fsp3) is 0.900. The van der Waals surface area contributed by atoms with Crippen molar-refractivity contribution in [3.8, 4) is 0 Å². The summed E-state index contributed by atoms with van der Waals surface area (Å²) in [6, 6.07) is 0. The molecular weight excluding hydrogens is 230 g/mol. The molecule has 1 heterocycles. The van der Waals surface area contributed by atoms with Crippen molar-refractivity contribution in [2.45, 2.75) is 37.4 Å². The number of hydrogen-bond donors (Lipinski definition) is 1. The maximum atomic E-state index is 12.1. The zero-order valence-corrected chi connectivity index (χ0v) is 9.95. The van der Waals surface area contributed by atoms with Gasteiger partial charge in [-0.15, -0.1) is 0 Å². The monoisotopic (exact) mass is 247 g/mol. The highest BCUT2D eigenvalue weighted by atomic mass is 32.2. The minimum absolute atomic E-state index is 0.161. The molecule has 2 fully saturated rings. The van der Waals surface area contributed by atoms with Crippen LogP contribution in [0.15, 0.2) is 0 Å². The van der Waals surface area contributed by atoms with E-state index in [1.165, 1.54) is 4.31 Å². The molecule has 2 aliphatic rings. The second-order valence-corrected chi connectivity index (χ2v) is 6.87. The van der Waals surface area contributed by atoms with Crippen molar-refractivity contribution in [3.05, 3.63) is 0 Å². The Morgan fingerprint density at radius 1 is 1.12 bits per heavy atom. The topological polar surface area (TPSA) is 74.7 Å². The largest absolute Gasteiger partial charge is 0.481 e. The van der Waals surface area contributed by atoms with Crippen molar-refractivity contribution in [3.63, 3.8) is 0 Å².